The van der Waals surface area contributed by atoms with E-state index < -0.39 is 5.56 Å². The van der Waals surface area contributed by atoms with Crippen LogP contribution in [0.5, 0.6) is 0 Å². The minimum Gasteiger partial charge on any atom is -0.378 e. The number of hydrogen-bond acceptors (Lipinski definition) is 5. The molecule has 2 aromatic heterocycles. The van der Waals surface area contributed by atoms with Crippen molar-refractivity contribution in [2.24, 2.45) is 0 Å². The molecule has 0 unspecified atom stereocenters. The van der Waals surface area contributed by atoms with Crippen LogP contribution in [0.25, 0.3) is 5.65 Å². The van der Waals surface area contributed by atoms with E-state index in [1.807, 2.05) is 0 Å². The van der Waals surface area contributed by atoms with Gasteiger partial charge in [-0.1, -0.05) is 0 Å². The molecule has 1 fully saturated rings. The number of ether oxygens (including phenoxy) is 1. The quantitative estimate of drug-likeness (QED) is 0.850. The van der Waals surface area contributed by atoms with Crippen LogP contribution in [0.2, 0.25) is 0 Å². The number of morpholine rings is 1. The predicted octanol–water partition coefficient (Wildman–Crippen LogP) is 0.125. The summed E-state index contributed by atoms with van der Waals surface area (Å²) in [5.74, 6) is -0.517. The van der Waals surface area contributed by atoms with Gasteiger partial charge in [0, 0.05) is 26.2 Å². The molecule has 0 bridgehead atoms. The number of nitrogens with one attached hydrogen (secondary N) is 1. The summed E-state index contributed by atoms with van der Waals surface area (Å²) in [6, 6.07) is 3.24. The second-order valence-electron chi connectivity index (χ2n) is 5.21. The van der Waals surface area contributed by atoms with Crippen LogP contribution in [0.4, 0.5) is 5.69 Å². The molecule has 8 heteroatoms. The third kappa shape index (κ3) is 3.07. The van der Waals surface area contributed by atoms with Gasteiger partial charge in [-0.15, -0.1) is 0 Å². The number of rotatable bonds is 2. The highest BCUT2D eigenvalue weighted by Crippen LogP contribution is 2.09. The minimum atomic E-state index is -0.429. The van der Waals surface area contributed by atoms with Crippen LogP contribution in [0, 0.1) is 0 Å². The predicted molar refractivity (Wildman–Crippen MR) is 82.5 cm³/mol. The number of anilines is 1. The maximum absolute atomic E-state index is 12.5. The molecule has 120 valence electrons. The highest BCUT2D eigenvalue weighted by molar-refractivity contribution is 5.94. The first-order valence-corrected chi connectivity index (χ1v) is 7.22. The Labute approximate surface area is 131 Å². The molecule has 2 aromatic rings. The van der Waals surface area contributed by atoms with Crippen molar-refractivity contribution < 1.29 is 14.3 Å². The van der Waals surface area contributed by atoms with Crippen molar-refractivity contribution in [3.8, 4) is 0 Å². The van der Waals surface area contributed by atoms with E-state index in [9.17, 15) is 14.4 Å². The average Bonchev–Trinajstić information content (AvgIpc) is 2.57. The van der Waals surface area contributed by atoms with Gasteiger partial charge in [0.1, 0.15) is 11.3 Å². The van der Waals surface area contributed by atoms with Crippen LogP contribution in [-0.2, 0) is 9.53 Å². The molecule has 1 N–H and O–H groups in total. The molecular weight excluding hydrogens is 300 g/mol. The standard InChI is InChI=1S/C15H16N4O4/c1-10(20)17-12-8-16-13-3-2-11(9-19(13)15(12)22)14(21)18-4-6-23-7-5-18/h2-3,8-9H,4-7H2,1H3,(H,17,20). The van der Waals surface area contributed by atoms with Gasteiger partial charge in [-0.05, 0) is 12.1 Å². The number of carbonyl (C=O) groups is 2. The fourth-order valence-electron chi connectivity index (χ4n) is 2.43. The van der Waals surface area contributed by atoms with Gasteiger partial charge in [-0.25, -0.2) is 4.98 Å². The van der Waals surface area contributed by atoms with E-state index in [1.165, 1.54) is 23.7 Å². The van der Waals surface area contributed by atoms with Gasteiger partial charge in [-0.3, -0.25) is 18.8 Å². The van der Waals surface area contributed by atoms with Crippen LogP contribution in [-0.4, -0.2) is 52.4 Å². The Balaban J connectivity index is 1.99. The minimum absolute atomic E-state index is 0.0750. The number of carbonyl (C=O) groups excluding carboxylic acids is 2. The summed E-state index contributed by atoms with van der Waals surface area (Å²) in [6.07, 6.45) is 2.76. The Morgan fingerprint density at radius 1 is 1.26 bits per heavy atom. The topological polar surface area (TPSA) is 93.0 Å². The van der Waals surface area contributed by atoms with Gasteiger partial charge >= 0.3 is 0 Å². The molecule has 8 nitrogen and oxygen atoms in total. The van der Waals surface area contributed by atoms with Crippen molar-refractivity contribution in [3.05, 3.63) is 40.4 Å². The van der Waals surface area contributed by atoms with Gasteiger partial charge < -0.3 is 15.0 Å². The number of pyridine rings is 1. The van der Waals surface area contributed by atoms with E-state index >= 15 is 0 Å². The first kappa shape index (κ1) is 15.2. The lowest BCUT2D eigenvalue weighted by molar-refractivity contribution is -0.114. The summed E-state index contributed by atoms with van der Waals surface area (Å²) in [5.41, 5.74) is 0.443. The molecule has 1 aliphatic rings. The SMILES string of the molecule is CC(=O)Nc1cnc2ccc(C(=O)N3CCOCC3)cn2c1=O. The van der Waals surface area contributed by atoms with Crippen LogP contribution >= 0.6 is 0 Å². The van der Waals surface area contributed by atoms with E-state index in [2.05, 4.69) is 10.3 Å². The van der Waals surface area contributed by atoms with Crippen molar-refractivity contribution in [2.45, 2.75) is 6.92 Å². The molecule has 0 spiro atoms. The normalized spacial score (nSPS) is 14.7. The summed E-state index contributed by atoms with van der Waals surface area (Å²) in [4.78, 5) is 41.8. The van der Waals surface area contributed by atoms with E-state index in [0.29, 0.717) is 37.5 Å². The molecule has 0 saturated carbocycles. The maximum atomic E-state index is 12.5. The third-order valence-corrected chi connectivity index (χ3v) is 3.56. The first-order chi connectivity index (χ1) is 11.1. The Kier molecular flexibility index (Phi) is 4.07. The molecule has 1 saturated heterocycles. The average molecular weight is 316 g/mol. The first-order valence-electron chi connectivity index (χ1n) is 7.22. The van der Waals surface area contributed by atoms with Gasteiger partial charge in [0.2, 0.25) is 5.91 Å². The number of nitrogens with zero attached hydrogens (tertiary/aromatic N) is 3. The fraction of sp³-hybridized carbons (Fsp3) is 0.333. The number of hydrogen-bond donors (Lipinski definition) is 1. The van der Waals surface area contributed by atoms with E-state index in [1.54, 1.807) is 17.0 Å². The van der Waals surface area contributed by atoms with Crippen LogP contribution in [0.3, 0.4) is 0 Å². The zero-order valence-electron chi connectivity index (χ0n) is 12.6. The van der Waals surface area contributed by atoms with Gasteiger partial charge in [0.15, 0.2) is 0 Å². The van der Waals surface area contributed by atoms with E-state index in [0.717, 1.165) is 0 Å². The van der Waals surface area contributed by atoms with E-state index in [4.69, 9.17) is 4.74 Å². The molecule has 3 heterocycles. The zero-order chi connectivity index (χ0) is 16.4. The second-order valence-corrected chi connectivity index (χ2v) is 5.21. The summed E-state index contributed by atoms with van der Waals surface area (Å²) in [7, 11) is 0. The van der Waals surface area contributed by atoms with Crippen LogP contribution in [0.15, 0.2) is 29.3 Å². The Hall–Kier alpha value is -2.74. The summed E-state index contributed by atoms with van der Waals surface area (Å²) < 4.78 is 6.49. The maximum Gasteiger partial charge on any atom is 0.281 e. The second kappa shape index (κ2) is 6.17. The third-order valence-electron chi connectivity index (χ3n) is 3.56. The Morgan fingerprint density at radius 2 is 2.00 bits per heavy atom. The monoisotopic (exact) mass is 316 g/mol. The molecule has 23 heavy (non-hydrogen) atoms. The smallest absolute Gasteiger partial charge is 0.281 e. The molecule has 3 rings (SSSR count). The van der Waals surface area contributed by atoms with Gasteiger partial charge in [0.05, 0.1) is 25.0 Å². The van der Waals surface area contributed by atoms with Gasteiger partial charge in [0.25, 0.3) is 11.5 Å². The number of aromatic nitrogens is 2. The Bertz CT molecular complexity index is 824. The lowest BCUT2D eigenvalue weighted by Gasteiger charge is -2.26. The zero-order valence-corrected chi connectivity index (χ0v) is 12.6. The molecule has 0 aliphatic carbocycles. The Morgan fingerprint density at radius 3 is 2.70 bits per heavy atom. The number of fused-ring (bicyclic) bond motifs is 1. The highest BCUT2D eigenvalue weighted by Gasteiger charge is 2.19. The molecule has 2 amide bonds. The molecular formula is C15H16N4O4. The molecule has 0 atom stereocenters. The van der Waals surface area contributed by atoms with Crippen LogP contribution < -0.4 is 10.9 Å². The number of amides is 2. The lowest BCUT2D eigenvalue weighted by atomic mass is 10.2. The summed E-state index contributed by atoms with van der Waals surface area (Å²) >= 11 is 0. The fourth-order valence-corrected chi connectivity index (χ4v) is 2.43. The van der Waals surface area contributed by atoms with Crippen molar-refractivity contribution in [2.75, 3.05) is 31.6 Å². The highest BCUT2D eigenvalue weighted by atomic mass is 16.5. The van der Waals surface area contributed by atoms with Crippen molar-refractivity contribution in [3.63, 3.8) is 0 Å². The lowest BCUT2D eigenvalue weighted by Crippen LogP contribution is -2.40. The largest absolute Gasteiger partial charge is 0.378 e. The van der Waals surface area contributed by atoms with Gasteiger partial charge in [-0.2, -0.15) is 0 Å². The molecule has 0 aromatic carbocycles. The molecule has 1 aliphatic heterocycles. The van der Waals surface area contributed by atoms with Crippen molar-refractivity contribution in [1.82, 2.24) is 14.3 Å². The molecule has 0 radical (unpaired) electrons. The summed E-state index contributed by atoms with van der Waals surface area (Å²) in [5, 5.41) is 2.43. The van der Waals surface area contributed by atoms with E-state index in [-0.39, 0.29) is 17.5 Å². The van der Waals surface area contributed by atoms with Crippen molar-refractivity contribution >= 4 is 23.1 Å². The van der Waals surface area contributed by atoms with Crippen LogP contribution in [0.1, 0.15) is 17.3 Å². The van der Waals surface area contributed by atoms with Crippen molar-refractivity contribution in [1.29, 1.82) is 0 Å². The summed E-state index contributed by atoms with van der Waals surface area (Å²) in [6.45, 7) is 3.37.